The van der Waals surface area contributed by atoms with E-state index in [2.05, 4.69) is 36.5 Å². The maximum absolute atomic E-state index is 10.5. The molecule has 0 aliphatic heterocycles. The van der Waals surface area contributed by atoms with Crippen molar-refractivity contribution in [2.75, 3.05) is 20.3 Å². The number of benzene rings is 2. The molecule has 0 radical (unpaired) electrons. The summed E-state index contributed by atoms with van der Waals surface area (Å²) in [6.45, 7) is 6.83. The van der Waals surface area contributed by atoms with Gasteiger partial charge in [-0.25, -0.2) is 0 Å². The van der Waals surface area contributed by atoms with Crippen LogP contribution in [-0.2, 0) is 6.42 Å². The number of aliphatic hydroxyl groups excluding tert-OH is 1. The Labute approximate surface area is 196 Å². The van der Waals surface area contributed by atoms with Crippen molar-refractivity contribution in [1.29, 1.82) is 0 Å². The minimum atomic E-state index is -0.626. The van der Waals surface area contributed by atoms with Crippen LogP contribution in [0.4, 0.5) is 0 Å². The second kappa shape index (κ2) is 11.7. The molecule has 0 spiro atoms. The molecule has 6 nitrogen and oxygen atoms in total. The second-order valence-corrected chi connectivity index (χ2v) is 8.82. The molecule has 2 N–H and O–H groups in total. The molecule has 0 aliphatic rings. The van der Waals surface area contributed by atoms with Gasteiger partial charge in [0.15, 0.2) is 5.76 Å². The third-order valence-electron chi connectivity index (χ3n) is 5.44. The van der Waals surface area contributed by atoms with Crippen LogP contribution < -0.4 is 14.8 Å². The molecule has 0 saturated heterocycles. The minimum absolute atomic E-state index is 0.114. The molecule has 0 saturated carbocycles. The van der Waals surface area contributed by atoms with Gasteiger partial charge >= 0.3 is 0 Å². The average molecular weight is 451 g/mol. The number of nitrogens with one attached hydrogen (secondary N) is 1. The van der Waals surface area contributed by atoms with Crippen LogP contribution >= 0.6 is 0 Å². The Morgan fingerprint density at radius 1 is 1.12 bits per heavy atom. The van der Waals surface area contributed by atoms with E-state index in [1.807, 2.05) is 61.5 Å². The summed E-state index contributed by atoms with van der Waals surface area (Å²) in [5.41, 5.74) is 2.89. The molecule has 0 amide bonds. The minimum Gasteiger partial charge on any atom is -0.497 e. The van der Waals surface area contributed by atoms with Crippen molar-refractivity contribution < 1.29 is 19.1 Å². The van der Waals surface area contributed by atoms with Gasteiger partial charge in [0.2, 0.25) is 0 Å². The first kappa shape index (κ1) is 24.6. The van der Waals surface area contributed by atoms with Crippen molar-refractivity contribution in [3.8, 4) is 11.5 Å². The molecule has 1 atom stereocenters. The number of hydrogen-bond donors (Lipinski definition) is 2. The zero-order valence-corrected chi connectivity index (χ0v) is 19.9. The SMILES string of the molecule is COc1ccc(CCC(C)(C)NCC(O)COc2ccccc2/C=C/c2cc(C)no2)cc1. The van der Waals surface area contributed by atoms with Crippen molar-refractivity contribution >= 4 is 12.2 Å². The van der Waals surface area contributed by atoms with E-state index in [0.717, 1.165) is 29.8 Å². The zero-order chi connectivity index (χ0) is 23.7. The molecule has 1 unspecified atom stereocenters. The van der Waals surface area contributed by atoms with Gasteiger partial charge in [0.25, 0.3) is 0 Å². The van der Waals surface area contributed by atoms with E-state index >= 15 is 0 Å². The standard InChI is InChI=1S/C27H34N2O4/c1-20-17-25(33-29-20)14-11-22-7-5-6-8-26(22)32-19-23(30)18-28-27(2,3)16-15-21-9-12-24(31-4)13-10-21/h5-14,17,23,28,30H,15-16,18-19H2,1-4H3/b14-11+. The van der Waals surface area contributed by atoms with Crippen LogP contribution in [0.1, 0.15) is 42.8 Å². The van der Waals surface area contributed by atoms with Crippen LogP contribution in [0, 0.1) is 6.92 Å². The third kappa shape index (κ3) is 8.08. The number of para-hydroxylation sites is 1. The summed E-state index contributed by atoms with van der Waals surface area (Å²) in [6.07, 6.45) is 5.04. The smallest absolute Gasteiger partial charge is 0.159 e. The molecule has 3 aromatic rings. The van der Waals surface area contributed by atoms with Crippen LogP contribution in [0.3, 0.4) is 0 Å². The molecular formula is C27H34N2O4. The van der Waals surface area contributed by atoms with Crippen molar-refractivity contribution in [1.82, 2.24) is 10.5 Å². The molecule has 1 heterocycles. The Balaban J connectivity index is 1.45. The fourth-order valence-electron chi connectivity index (χ4n) is 3.36. The number of nitrogens with zero attached hydrogens (tertiary/aromatic N) is 1. The summed E-state index contributed by atoms with van der Waals surface area (Å²) in [7, 11) is 1.67. The van der Waals surface area contributed by atoms with E-state index in [0.29, 0.717) is 18.1 Å². The maximum Gasteiger partial charge on any atom is 0.159 e. The average Bonchev–Trinajstić information content (AvgIpc) is 3.24. The van der Waals surface area contributed by atoms with E-state index in [-0.39, 0.29) is 12.1 Å². The molecule has 6 heteroatoms. The maximum atomic E-state index is 10.5. The lowest BCUT2D eigenvalue weighted by Gasteiger charge is -2.28. The van der Waals surface area contributed by atoms with Crippen LogP contribution in [0.15, 0.2) is 59.1 Å². The van der Waals surface area contributed by atoms with E-state index in [1.165, 1.54) is 5.56 Å². The summed E-state index contributed by atoms with van der Waals surface area (Å²) in [5.74, 6) is 2.26. The van der Waals surface area contributed by atoms with E-state index in [4.69, 9.17) is 14.0 Å². The first-order chi connectivity index (χ1) is 15.8. The first-order valence-electron chi connectivity index (χ1n) is 11.2. The fraction of sp³-hybridized carbons (Fsp3) is 0.370. The Morgan fingerprint density at radius 3 is 2.58 bits per heavy atom. The van der Waals surface area contributed by atoms with Gasteiger partial charge in [0.05, 0.1) is 12.8 Å². The van der Waals surface area contributed by atoms with Crippen LogP contribution in [0.5, 0.6) is 11.5 Å². The second-order valence-electron chi connectivity index (χ2n) is 8.82. The molecule has 33 heavy (non-hydrogen) atoms. The van der Waals surface area contributed by atoms with Gasteiger partial charge in [-0.15, -0.1) is 0 Å². The summed E-state index contributed by atoms with van der Waals surface area (Å²) >= 11 is 0. The van der Waals surface area contributed by atoms with Gasteiger partial charge in [-0.05, 0) is 69.5 Å². The molecule has 1 aromatic heterocycles. The number of rotatable bonds is 12. The highest BCUT2D eigenvalue weighted by Crippen LogP contribution is 2.21. The molecule has 3 rings (SSSR count). The number of aromatic nitrogens is 1. The van der Waals surface area contributed by atoms with Crippen LogP contribution in [0.25, 0.3) is 12.2 Å². The lowest BCUT2D eigenvalue weighted by molar-refractivity contribution is 0.0981. The van der Waals surface area contributed by atoms with Gasteiger partial charge in [-0.3, -0.25) is 0 Å². The number of hydrogen-bond acceptors (Lipinski definition) is 6. The predicted molar refractivity (Wildman–Crippen MR) is 132 cm³/mol. The Morgan fingerprint density at radius 2 is 1.88 bits per heavy atom. The summed E-state index contributed by atoms with van der Waals surface area (Å²) in [4.78, 5) is 0. The first-order valence-corrected chi connectivity index (χ1v) is 11.2. The largest absolute Gasteiger partial charge is 0.497 e. The third-order valence-corrected chi connectivity index (χ3v) is 5.44. The van der Waals surface area contributed by atoms with Crippen molar-refractivity contribution in [2.24, 2.45) is 0 Å². The van der Waals surface area contributed by atoms with E-state index in [9.17, 15) is 5.11 Å². The highest BCUT2D eigenvalue weighted by Gasteiger charge is 2.19. The normalized spacial score (nSPS) is 12.8. The molecular weight excluding hydrogens is 416 g/mol. The van der Waals surface area contributed by atoms with Gasteiger partial charge in [0, 0.05) is 23.7 Å². The highest BCUT2D eigenvalue weighted by atomic mass is 16.5. The monoisotopic (exact) mass is 450 g/mol. The summed E-state index contributed by atoms with van der Waals surface area (Å²) in [6, 6.07) is 17.7. The fourth-order valence-corrected chi connectivity index (χ4v) is 3.36. The highest BCUT2D eigenvalue weighted by molar-refractivity contribution is 5.70. The molecule has 0 bridgehead atoms. The lowest BCUT2D eigenvalue weighted by Crippen LogP contribution is -2.45. The van der Waals surface area contributed by atoms with Gasteiger partial charge in [0.1, 0.15) is 24.2 Å². The number of methoxy groups -OCH3 is 1. The van der Waals surface area contributed by atoms with Crippen molar-refractivity contribution in [3.05, 3.63) is 77.2 Å². The van der Waals surface area contributed by atoms with Crippen LogP contribution in [-0.4, -0.2) is 42.2 Å². The number of ether oxygens (including phenoxy) is 2. The summed E-state index contributed by atoms with van der Waals surface area (Å²) in [5, 5.41) is 17.8. The lowest BCUT2D eigenvalue weighted by atomic mass is 9.95. The van der Waals surface area contributed by atoms with Gasteiger partial charge in [-0.2, -0.15) is 0 Å². The van der Waals surface area contributed by atoms with Crippen molar-refractivity contribution in [3.63, 3.8) is 0 Å². The summed E-state index contributed by atoms with van der Waals surface area (Å²) < 4.78 is 16.3. The van der Waals surface area contributed by atoms with Gasteiger partial charge in [-0.1, -0.05) is 35.5 Å². The quantitative estimate of drug-likeness (QED) is 0.409. The Bertz CT molecular complexity index is 1020. The molecule has 0 fully saturated rings. The Hall–Kier alpha value is -3.09. The topological polar surface area (TPSA) is 76.8 Å². The molecule has 176 valence electrons. The van der Waals surface area contributed by atoms with E-state index < -0.39 is 6.10 Å². The van der Waals surface area contributed by atoms with Crippen LogP contribution in [0.2, 0.25) is 0 Å². The predicted octanol–water partition coefficient (Wildman–Crippen LogP) is 4.90. The Kier molecular flexibility index (Phi) is 8.69. The number of β-amino-alcohol motifs (C(OH)–C–C–N with tert-alkyl or cyclic N) is 1. The zero-order valence-electron chi connectivity index (χ0n) is 19.9. The molecule has 0 aliphatic carbocycles. The van der Waals surface area contributed by atoms with Gasteiger partial charge < -0.3 is 24.4 Å². The number of aryl methyl sites for hydroxylation is 2. The molecule has 2 aromatic carbocycles. The van der Waals surface area contributed by atoms with Crippen molar-refractivity contribution in [2.45, 2.75) is 45.3 Å². The number of aliphatic hydroxyl groups is 1. The van der Waals surface area contributed by atoms with E-state index in [1.54, 1.807) is 7.11 Å².